The third kappa shape index (κ3) is 4.49. The van der Waals surface area contributed by atoms with Crippen LogP contribution in [0.1, 0.15) is 27.0 Å². The van der Waals surface area contributed by atoms with Gasteiger partial charge in [-0.05, 0) is 42.3 Å². The zero-order chi connectivity index (χ0) is 20.2. The highest BCUT2D eigenvalue weighted by atomic mass is 32.2. The Balaban J connectivity index is 1.41. The van der Waals surface area contributed by atoms with Crippen LogP contribution >= 0.6 is 11.8 Å². The molecule has 0 aliphatic carbocycles. The van der Waals surface area contributed by atoms with Crippen molar-refractivity contribution in [1.29, 1.82) is 0 Å². The molecule has 0 atom stereocenters. The zero-order valence-electron chi connectivity index (χ0n) is 16.1. The van der Waals surface area contributed by atoms with Crippen LogP contribution in [0.25, 0.3) is 0 Å². The normalized spacial score (nSPS) is 13.1. The molecular weight excluding hydrogens is 382 g/mol. The monoisotopic (exact) mass is 403 g/mol. The Labute approximate surface area is 174 Å². The minimum absolute atomic E-state index is 0.0653. The Morgan fingerprint density at radius 1 is 1.10 bits per heavy atom. The second kappa shape index (κ2) is 8.49. The van der Waals surface area contributed by atoms with Crippen molar-refractivity contribution >= 4 is 29.3 Å². The third-order valence-electron chi connectivity index (χ3n) is 4.77. The van der Waals surface area contributed by atoms with Gasteiger partial charge in [-0.25, -0.2) is 4.98 Å². The number of carbonyl (C=O) groups is 2. The minimum atomic E-state index is -0.113. The first kappa shape index (κ1) is 19.2. The van der Waals surface area contributed by atoms with Crippen LogP contribution in [-0.4, -0.2) is 22.6 Å². The van der Waals surface area contributed by atoms with Crippen LogP contribution in [-0.2, 0) is 17.9 Å². The van der Waals surface area contributed by atoms with Gasteiger partial charge in [0.1, 0.15) is 5.03 Å². The number of aromatic nitrogens is 1. The van der Waals surface area contributed by atoms with Gasteiger partial charge in [-0.15, -0.1) is 0 Å². The number of benzene rings is 2. The number of nitrogens with zero attached hydrogens (tertiary/aromatic N) is 2. The van der Waals surface area contributed by atoms with E-state index in [2.05, 4.69) is 16.4 Å². The smallest absolute Gasteiger partial charge is 0.251 e. The molecule has 4 rings (SSSR count). The summed E-state index contributed by atoms with van der Waals surface area (Å²) in [5.41, 5.74) is 4.65. The molecular formula is C23H21N3O2S. The molecule has 146 valence electrons. The molecule has 2 heterocycles. The third-order valence-corrected chi connectivity index (χ3v) is 5.75. The number of hydrogen-bond acceptors (Lipinski definition) is 4. The Bertz CT molecular complexity index is 1050. The van der Waals surface area contributed by atoms with Crippen LogP contribution in [0, 0.1) is 6.92 Å². The van der Waals surface area contributed by atoms with E-state index in [9.17, 15) is 9.59 Å². The molecule has 5 nitrogen and oxygen atoms in total. The average molecular weight is 404 g/mol. The predicted molar refractivity (Wildman–Crippen MR) is 115 cm³/mol. The highest BCUT2D eigenvalue weighted by molar-refractivity contribution is 8.00. The van der Waals surface area contributed by atoms with Crippen molar-refractivity contribution in [3.05, 3.63) is 89.1 Å². The van der Waals surface area contributed by atoms with Crippen LogP contribution < -0.4 is 10.2 Å². The van der Waals surface area contributed by atoms with Crippen molar-refractivity contribution in [3.8, 4) is 0 Å². The summed E-state index contributed by atoms with van der Waals surface area (Å²) in [4.78, 5) is 30.9. The van der Waals surface area contributed by atoms with Crippen molar-refractivity contribution in [2.45, 2.75) is 25.0 Å². The van der Waals surface area contributed by atoms with Gasteiger partial charge < -0.3 is 10.2 Å². The van der Waals surface area contributed by atoms with Crippen molar-refractivity contribution < 1.29 is 9.59 Å². The van der Waals surface area contributed by atoms with E-state index in [0.717, 1.165) is 21.8 Å². The summed E-state index contributed by atoms with van der Waals surface area (Å²) in [6.07, 6.45) is 1.74. The molecule has 29 heavy (non-hydrogen) atoms. The fraction of sp³-hybridized carbons (Fsp3) is 0.174. The SMILES string of the molecule is Cc1cccc(CNC(=O)c2ccc(CN3C(=O)CSc4ncccc43)cc2)c1. The molecule has 0 saturated carbocycles. The fourth-order valence-corrected chi connectivity index (χ4v) is 4.14. The van der Waals surface area contributed by atoms with Gasteiger partial charge in [0, 0.05) is 18.3 Å². The molecule has 0 spiro atoms. The maximum atomic E-state index is 12.4. The first-order valence-corrected chi connectivity index (χ1v) is 10.4. The van der Waals surface area contributed by atoms with Crippen LogP contribution in [0.4, 0.5) is 5.69 Å². The first-order chi connectivity index (χ1) is 14.1. The van der Waals surface area contributed by atoms with E-state index in [4.69, 9.17) is 0 Å². The molecule has 2 aromatic carbocycles. The Hall–Kier alpha value is -3.12. The Morgan fingerprint density at radius 3 is 2.72 bits per heavy atom. The quantitative estimate of drug-likeness (QED) is 0.700. The van der Waals surface area contributed by atoms with Gasteiger partial charge >= 0.3 is 0 Å². The average Bonchev–Trinajstić information content (AvgIpc) is 2.74. The topological polar surface area (TPSA) is 62.3 Å². The molecule has 1 aliphatic heterocycles. The lowest BCUT2D eigenvalue weighted by molar-refractivity contribution is -0.116. The lowest BCUT2D eigenvalue weighted by Gasteiger charge is -2.28. The summed E-state index contributed by atoms with van der Waals surface area (Å²) in [5, 5.41) is 3.82. The molecule has 1 aromatic heterocycles. The standard InChI is InChI=1S/C23H21N3O2S/c1-16-4-2-5-18(12-16)13-25-22(28)19-9-7-17(8-10-19)14-26-20-6-3-11-24-23(20)29-15-21(26)27/h2-12H,13-15H2,1H3,(H,25,28). The van der Waals surface area contributed by atoms with Crippen LogP contribution in [0.3, 0.4) is 0 Å². The molecule has 3 aromatic rings. The molecule has 0 saturated heterocycles. The molecule has 6 heteroatoms. The van der Waals surface area contributed by atoms with Crippen LogP contribution in [0.2, 0.25) is 0 Å². The van der Waals surface area contributed by atoms with Gasteiger partial charge in [0.2, 0.25) is 5.91 Å². The maximum Gasteiger partial charge on any atom is 0.251 e. The number of nitrogens with one attached hydrogen (secondary N) is 1. The minimum Gasteiger partial charge on any atom is -0.348 e. The van der Waals surface area contributed by atoms with Gasteiger partial charge in [0.15, 0.2) is 0 Å². The highest BCUT2D eigenvalue weighted by Gasteiger charge is 2.25. The van der Waals surface area contributed by atoms with Gasteiger partial charge in [-0.3, -0.25) is 9.59 Å². The first-order valence-electron chi connectivity index (χ1n) is 9.41. The number of aryl methyl sites for hydroxylation is 1. The Kier molecular flexibility index (Phi) is 5.62. The molecule has 0 unspecified atom stereocenters. The number of rotatable bonds is 5. The number of pyridine rings is 1. The van der Waals surface area contributed by atoms with Crippen molar-refractivity contribution in [1.82, 2.24) is 10.3 Å². The van der Waals surface area contributed by atoms with Gasteiger partial charge in [-0.2, -0.15) is 0 Å². The summed E-state index contributed by atoms with van der Waals surface area (Å²) in [6, 6.07) is 19.2. The van der Waals surface area contributed by atoms with Crippen molar-refractivity contribution in [2.24, 2.45) is 0 Å². The molecule has 2 amide bonds. The molecule has 0 radical (unpaired) electrons. The summed E-state index contributed by atoms with van der Waals surface area (Å²) < 4.78 is 0. The number of anilines is 1. The lowest BCUT2D eigenvalue weighted by atomic mass is 10.1. The Morgan fingerprint density at radius 2 is 1.93 bits per heavy atom. The highest BCUT2D eigenvalue weighted by Crippen LogP contribution is 2.33. The van der Waals surface area contributed by atoms with E-state index >= 15 is 0 Å². The van der Waals surface area contributed by atoms with E-state index in [1.807, 2.05) is 49.4 Å². The molecule has 1 aliphatic rings. The van der Waals surface area contributed by atoms with Gasteiger partial charge in [-0.1, -0.05) is 53.7 Å². The summed E-state index contributed by atoms with van der Waals surface area (Å²) in [5.74, 6) is 0.345. The van der Waals surface area contributed by atoms with Gasteiger partial charge in [0.25, 0.3) is 5.91 Å². The van der Waals surface area contributed by atoms with Gasteiger partial charge in [0.05, 0.1) is 18.0 Å². The largest absolute Gasteiger partial charge is 0.348 e. The van der Waals surface area contributed by atoms with Crippen molar-refractivity contribution in [2.75, 3.05) is 10.7 Å². The molecule has 0 bridgehead atoms. The second-order valence-electron chi connectivity index (χ2n) is 6.96. The maximum absolute atomic E-state index is 12.4. The number of fused-ring (bicyclic) bond motifs is 1. The van der Waals surface area contributed by atoms with E-state index in [1.165, 1.54) is 17.3 Å². The second-order valence-corrected chi connectivity index (χ2v) is 7.93. The zero-order valence-corrected chi connectivity index (χ0v) is 16.9. The summed E-state index contributed by atoms with van der Waals surface area (Å²) in [6.45, 7) is 2.99. The number of hydrogen-bond donors (Lipinski definition) is 1. The molecule has 1 N–H and O–H groups in total. The van der Waals surface area contributed by atoms with E-state index in [0.29, 0.717) is 24.4 Å². The fourth-order valence-electron chi connectivity index (χ4n) is 3.27. The van der Waals surface area contributed by atoms with Crippen LogP contribution in [0.5, 0.6) is 0 Å². The predicted octanol–water partition coefficient (Wildman–Crippen LogP) is 3.96. The summed E-state index contributed by atoms with van der Waals surface area (Å²) in [7, 11) is 0. The number of amides is 2. The lowest BCUT2D eigenvalue weighted by Crippen LogP contribution is -2.35. The van der Waals surface area contributed by atoms with E-state index in [-0.39, 0.29) is 11.8 Å². The van der Waals surface area contributed by atoms with E-state index < -0.39 is 0 Å². The van der Waals surface area contributed by atoms with Crippen LogP contribution in [0.15, 0.2) is 71.9 Å². The van der Waals surface area contributed by atoms with E-state index in [1.54, 1.807) is 23.2 Å². The number of thioether (sulfide) groups is 1. The van der Waals surface area contributed by atoms with Crippen molar-refractivity contribution in [3.63, 3.8) is 0 Å². The number of carbonyl (C=O) groups excluding carboxylic acids is 2. The summed E-state index contributed by atoms with van der Waals surface area (Å²) >= 11 is 1.47. The molecule has 0 fully saturated rings.